The summed E-state index contributed by atoms with van der Waals surface area (Å²) in [5.74, 6) is 0.798. The fraction of sp³-hybridized carbons (Fsp3) is 0.316. The van der Waals surface area contributed by atoms with Crippen molar-refractivity contribution in [1.82, 2.24) is 14.9 Å². The molecule has 1 fully saturated rings. The normalized spacial score (nSPS) is 19.7. The van der Waals surface area contributed by atoms with Crippen molar-refractivity contribution in [3.8, 4) is 16.9 Å². The Bertz CT molecular complexity index is 1180. The average molecular weight is 437 g/mol. The summed E-state index contributed by atoms with van der Waals surface area (Å²) in [6, 6.07) is 7.63. The fourth-order valence-corrected chi connectivity index (χ4v) is 5.43. The van der Waals surface area contributed by atoms with Crippen LogP contribution >= 0.6 is 11.6 Å². The highest BCUT2D eigenvalue weighted by Crippen LogP contribution is 2.41. The lowest BCUT2D eigenvalue weighted by Crippen LogP contribution is -2.39. The molecule has 4 rings (SSSR count). The van der Waals surface area contributed by atoms with Crippen LogP contribution in [0.2, 0.25) is 5.02 Å². The Morgan fingerprint density at radius 1 is 1.28 bits per heavy atom. The predicted molar refractivity (Wildman–Crippen MR) is 111 cm³/mol. The SMILES string of the molecule is COc1c(-c2ccc(S(=O)(=O)NC3CCCC3O)cc2Cl)ccc2[nH]nc(N)c12. The minimum atomic E-state index is -3.81. The van der Waals surface area contributed by atoms with Crippen molar-refractivity contribution in [2.45, 2.75) is 36.3 Å². The number of nitrogens with zero attached hydrogens (tertiary/aromatic N) is 1. The molecular formula is C19H21ClN4O4S. The first-order chi connectivity index (χ1) is 13.8. The molecule has 1 saturated carbocycles. The first-order valence-electron chi connectivity index (χ1n) is 9.12. The number of sulfonamides is 1. The third-order valence-corrected chi connectivity index (χ3v) is 7.04. The fourth-order valence-electron chi connectivity index (χ4n) is 3.76. The minimum Gasteiger partial charge on any atom is -0.495 e. The van der Waals surface area contributed by atoms with Crippen LogP contribution in [-0.2, 0) is 10.0 Å². The van der Waals surface area contributed by atoms with Gasteiger partial charge in [0.15, 0.2) is 5.82 Å². The quantitative estimate of drug-likeness (QED) is 0.486. The topological polar surface area (TPSA) is 130 Å². The Morgan fingerprint density at radius 2 is 2.03 bits per heavy atom. The van der Waals surface area contributed by atoms with E-state index in [0.29, 0.717) is 40.9 Å². The zero-order chi connectivity index (χ0) is 20.8. The van der Waals surface area contributed by atoms with Gasteiger partial charge in [0, 0.05) is 22.2 Å². The van der Waals surface area contributed by atoms with E-state index in [2.05, 4.69) is 14.9 Å². The second-order valence-corrected chi connectivity index (χ2v) is 9.17. The highest BCUT2D eigenvalue weighted by molar-refractivity contribution is 7.89. The summed E-state index contributed by atoms with van der Waals surface area (Å²) in [4.78, 5) is 0.0354. The summed E-state index contributed by atoms with van der Waals surface area (Å²) in [7, 11) is -2.28. The van der Waals surface area contributed by atoms with Crippen LogP contribution < -0.4 is 15.2 Å². The molecule has 8 nitrogen and oxygen atoms in total. The number of nitrogens with one attached hydrogen (secondary N) is 2. The van der Waals surface area contributed by atoms with E-state index in [9.17, 15) is 13.5 Å². The number of H-pyrrole nitrogens is 1. The number of aromatic amines is 1. The van der Waals surface area contributed by atoms with E-state index < -0.39 is 22.2 Å². The molecule has 10 heteroatoms. The molecule has 2 unspecified atom stereocenters. The predicted octanol–water partition coefficient (Wildman–Crippen LogP) is 2.67. The minimum absolute atomic E-state index is 0.0354. The number of aromatic nitrogens is 2. The van der Waals surface area contributed by atoms with Crippen LogP contribution in [0.4, 0.5) is 5.82 Å². The van der Waals surface area contributed by atoms with E-state index in [0.717, 1.165) is 11.9 Å². The van der Waals surface area contributed by atoms with Gasteiger partial charge in [-0.3, -0.25) is 5.10 Å². The maximum atomic E-state index is 12.7. The van der Waals surface area contributed by atoms with Crippen LogP contribution in [0.1, 0.15) is 19.3 Å². The third kappa shape index (κ3) is 3.55. The van der Waals surface area contributed by atoms with Crippen molar-refractivity contribution in [2.24, 2.45) is 0 Å². The first-order valence-corrected chi connectivity index (χ1v) is 11.0. The molecule has 0 amide bonds. The number of rotatable bonds is 5. The molecule has 154 valence electrons. The monoisotopic (exact) mass is 436 g/mol. The average Bonchev–Trinajstić information content (AvgIpc) is 3.26. The van der Waals surface area contributed by atoms with Gasteiger partial charge in [-0.05, 0) is 43.5 Å². The van der Waals surface area contributed by atoms with Crippen molar-refractivity contribution in [2.75, 3.05) is 12.8 Å². The number of halogens is 1. The van der Waals surface area contributed by atoms with E-state index >= 15 is 0 Å². The number of hydrogen-bond donors (Lipinski definition) is 4. The lowest BCUT2D eigenvalue weighted by molar-refractivity contribution is 0.159. The third-order valence-electron chi connectivity index (χ3n) is 5.24. The van der Waals surface area contributed by atoms with E-state index in [1.54, 1.807) is 18.2 Å². The lowest BCUT2D eigenvalue weighted by atomic mass is 10.0. The molecule has 2 aromatic carbocycles. The van der Waals surface area contributed by atoms with Crippen LogP contribution in [0.5, 0.6) is 5.75 Å². The van der Waals surface area contributed by atoms with Gasteiger partial charge in [0.25, 0.3) is 0 Å². The first kappa shape index (κ1) is 20.0. The molecule has 3 aromatic rings. The Hall–Kier alpha value is -2.33. The standard InChI is InChI=1S/C19H21ClN4O4S/c1-28-18-12(7-8-15-17(18)19(21)23-22-15)11-6-5-10(9-13(11)20)29(26,27)24-14-3-2-4-16(14)25/h5-9,14,16,24-25H,2-4H2,1H3,(H3,21,22,23). The second kappa shape index (κ2) is 7.49. The van der Waals surface area contributed by atoms with Gasteiger partial charge in [-0.25, -0.2) is 13.1 Å². The van der Waals surface area contributed by atoms with Crippen LogP contribution in [0.25, 0.3) is 22.0 Å². The molecule has 29 heavy (non-hydrogen) atoms. The molecule has 1 aliphatic rings. The number of aliphatic hydroxyl groups excluding tert-OH is 1. The van der Waals surface area contributed by atoms with E-state index in [1.165, 1.54) is 19.2 Å². The highest BCUT2D eigenvalue weighted by Gasteiger charge is 2.30. The van der Waals surface area contributed by atoms with E-state index in [4.69, 9.17) is 22.1 Å². The number of hydrogen-bond acceptors (Lipinski definition) is 6. The summed E-state index contributed by atoms with van der Waals surface area (Å²) in [5.41, 5.74) is 7.94. The van der Waals surface area contributed by atoms with Gasteiger partial charge >= 0.3 is 0 Å². The Labute approximate surface area is 173 Å². The van der Waals surface area contributed by atoms with Gasteiger partial charge in [-0.1, -0.05) is 17.7 Å². The zero-order valence-electron chi connectivity index (χ0n) is 15.6. The second-order valence-electron chi connectivity index (χ2n) is 7.05. The number of aliphatic hydroxyl groups is 1. The summed E-state index contributed by atoms with van der Waals surface area (Å²) in [6.07, 6.45) is 1.31. The number of methoxy groups -OCH3 is 1. The highest BCUT2D eigenvalue weighted by atomic mass is 35.5. The molecular weight excluding hydrogens is 416 g/mol. The molecule has 0 radical (unpaired) electrons. The summed E-state index contributed by atoms with van der Waals surface area (Å²) in [5, 5.41) is 17.6. The molecule has 1 aliphatic carbocycles. The molecule has 1 aromatic heterocycles. The van der Waals surface area contributed by atoms with Gasteiger partial charge in [0.2, 0.25) is 10.0 Å². The summed E-state index contributed by atoms with van der Waals surface area (Å²) in [6.45, 7) is 0. The maximum absolute atomic E-state index is 12.7. The number of fused-ring (bicyclic) bond motifs is 1. The van der Waals surface area contributed by atoms with Crippen molar-refractivity contribution in [3.63, 3.8) is 0 Å². The zero-order valence-corrected chi connectivity index (χ0v) is 17.2. The number of anilines is 1. The summed E-state index contributed by atoms with van der Waals surface area (Å²) >= 11 is 6.46. The van der Waals surface area contributed by atoms with Gasteiger partial charge in [0.1, 0.15) is 5.75 Å². The molecule has 0 saturated heterocycles. The van der Waals surface area contributed by atoms with Crippen molar-refractivity contribution >= 4 is 38.3 Å². The van der Waals surface area contributed by atoms with E-state index in [-0.39, 0.29) is 9.92 Å². The molecule has 2 atom stereocenters. The molecule has 0 bridgehead atoms. The van der Waals surface area contributed by atoms with Crippen molar-refractivity contribution in [1.29, 1.82) is 0 Å². The van der Waals surface area contributed by atoms with Crippen LogP contribution in [0, 0.1) is 0 Å². The molecule has 0 aliphatic heterocycles. The number of ether oxygens (including phenoxy) is 1. The summed E-state index contributed by atoms with van der Waals surface area (Å²) < 4.78 is 33.5. The number of nitrogen functional groups attached to an aromatic ring is 1. The largest absolute Gasteiger partial charge is 0.495 e. The van der Waals surface area contributed by atoms with Gasteiger partial charge in [0.05, 0.1) is 29.0 Å². The smallest absolute Gasteiger partial charge is 0.240 e. The van der Waals surface area contributed by atoms with Gasteiger partial charge in [-0.2, -0.15) is 5.10 Å². The molecule has 0 spiro atoms. The lowest BCUT2D eigenvalue weighted by Gasteiger charge is -2.17. The Morgan fingerprint density at radius 3 is 2.69 bits per heavy atom. The van der Waals surface area contributed by atoms with Crippen LogP contribution in [-0.4, -0.2) is 43.0 Å². The van der Waals surface area contributed by atoms with Gasteiger partial charge in [-0.15, -0.1) is 0 Å². The van der Waals surface area contributed by atoms with Crippen molar-refractivity contribution in [3.05, 3.63) is 35.4 Å². The van der Waals surface area contributed by atoms with Crippen molar-refractivity contribution < 1.29 is 18.3 Å². The number of benzene rings is 2. The Balaban J connectivity index is 1.73. The molecule has 1 heterocycles. The van der Waals surface area contributed by atoms with Crippen LogP contribution in [0.15, 0.2) is 35.2 Å². The van der Waals surface area contributed by atoms with Crippen LogP contribution in [0.3, 0.4) is 0 Å². The van der Waals surface area contributed by atoms with E-state index in [1.807, 2.05) is 0 Å². The maximum Gasteiger partial charge on any atom is 0.240 e. The number of nitrogens with two attached hydrogens (primary N) is 1. The Kier molecular flexibility index (Phi) is 5.16. The van der Waals surface area contributed by atoms with Gasteiger partial charge < -0.3 is 15.6 Å². The molecule has 5 N–H and O–H groups in total.